The monoisotopic (exact) mass is 265 g/mol. The van der Waals surface area contributed by atoms with Crippen molar-refractivity contribution in [2.75, 3.05) is 13.3 Å². The lowest BCUT2D eigenvalue weighted by molar-refractivity contribution is -0.137. The summed E-state index contributed by atoms with van der Waals surface area (Å²) in [5.74, 6) is -0.0714. The van der Waals surface area contributed by atoms with Gasteiger partial charge in [0.05, 0.1) is 0 Å². The average molecular weight is 265 g/mol. The first kappa shape index (κ1) is 13.2. The van der Waals surface area contributed by atoms with Crippen LogP contribution in [0.15, 0.2) is 18.2 Å². The molecule has 1 aliphatic heterocycles. The molecule has 0 radical (unpaired) electrons. The van der Waals surface area contributed by atoms with E-state index in [4.69, 9.17) is 14.6 Å². The summed E-state index contributed by atoms with van der Waals surface area (Å²) in [5, 5.41) is 11.3. The van der Waals surface area contributed by atoms with Crippen molar-refractivity contribution in [3.63, 3.8) is 0 Å². The van der Waals surface area contributed by atoms with Gasteiger partial charge >= 0.3 is 5.97 Å². The Kier molecular flexibility index (Phi) is 3.89. The van der Waals surface area contributed by atoms with E-state index in [1.807, 2.05) is 0 Å². The van der Waals surface area contributed by atoms with Gasteiger partial charge in [-0.3, -0.25) is 9.59 Å². The van der Waals surface area contributed by atoms with Crippen molar-refractivity contribution in [2.24, 2.45) is 5.92 Å². The van der Waals surface area contributed by atoms with Crippen LogP contribution in [0.3, 0.4) is 0 Å². The minimum absolute atomic E-state index is 0.0292. The Morgan fingerprint density at radius 2 is 2.11 bits per heavy atom. The SMILES string of the molecule is CC(CNC(=O)c1ccc2c(c1)OCO2)CC(=O)O. The third-order valence-corrected chi connectivity index (χ3v) is 2.77. The van der Waals surface area contributed by atoms with E-state index < -0.39 is 5.97 Å². The van der Waals surface area contributed by atoms with Gasteiger partial charge in [0, 0.05) is 18.5 Å². The van der Waals surface area contributed by atoms with Gasteiger partial charge in [-0.2, -0.15) is 0 Å². The molecule has 1 amide bonds. The van der Waals surface area contributed by atoms with Crippen LogP contribution in [0.1, 0.15) is 23.7 Å². The molecule has 0 saturated heterocycles. The van der Waals surface area contributed by atoms with Crippen LogP contribution in [-0.2, 0) is 4.79 Å². The van der Waals surface area contributed by atoms with Gasteiger partial charge in [0.15, 0.2) is 11.5 Å². The van der Waals surface area contributed by atoms with Gasteiger partial charge in [-0.05, 0) is 24.1 Å². The van der Waals surface area contributed by atoms with Crippen LogP contribution in [0.2, 0.25) is 0 Å². The number of hydrogen-bond donors (Lipinski definition) is 2. The number of aliphatic carboxylic acids is 1. The van der Waals surface area contributed by atoms with E-state index in [0.29, 0.717) is 23.6 Å². The zero-order valence-corrected chi connectivity index (χ0v) is 10.5. The molecule has 1 aromatic rings. The van der Waals surface area contributed by atoms with Crippen LogP contribution in [-0.4, -0.2) is 30.3 Å². The molecule has 1 aliphatic rings. The molecule has 1 atom stereocenters. The standard InChI is InChI=1S/C13H15NO5/c1-8(4-12(15)16)6-14-13(17)9-2-3-10-11(5-9)19-7-18-10/h2-3,5,8H,4,6-7H2,1H3,(H,14,17)(H,15,16). The van der Waals surface area contributed by atoms with E-state index in [9.17, 15) is 9.59 Å². The first-order valence-corrected chi connectivity index (χ1v) is 5.96. The van der Waals surface area contributed by atoms with Gasteiger partial charge < -0.3 is 19.9 Å². The van der Waals surface area contributed by atoms with E-state index in [0.717, 1.165) is 0 Å². The summed E-state index contributed by atoms with van der Waals surface area (Å²) in [4.78, 5) is 22.4. The molecular weight excluding hydrogens is 250 g/mol. The van der Waals surface area contributed by atoms with Crippen LogP contribution < -0.4 is 14.8 Å². The molecule has 2 rings (SSSR count). The van der Waals surface area contributed by atoms with Crippen molar-refractivity contribution in [3.8, 4) is 11.5 Å². The molecule has 19 heavy (non-hydrogen) atoms. The number of carboxylic acids is 1. The number of nitrogens with one attached hydrogen (secondary N) is 1. The first-order valence-electron chi connectivity index (χ1n) is 5.96. The molecular formula is C13H15NO5. The Morgan fingerprint density at radius 3 is 2.84 bits per heavy atom. The van der Waals surface area contributed by atoms with Gasteiger partial charge in [-0.15, -0.1) is 0 Å². The van der Waals surface area contributed by atoms with E-state index in [1.54, 1.807) is 25.1 Å². The second-order valence-corrected chi connectivity index (χ2v) is 4.48. The zero-order chi connectivity index (χ0) is 13.8. The topological polar surface area (TPSA) is 84.9 Å². The van der Waals surface area contributed by atoms with Gasteiger partial charge in [-0.1, -0.05) is 6.92 Å². The fourth-order valence-corrected chi connectivity index (χ4v) is 1.78. The number of carbonyl (C=O) groups excluding carboxylic acids is 1. The molecule has 0 aromatic heterocycles. The summed E-state index contributed by atoms with van der Waals surface area (Å²) >= 11 is 0. The maximum Gasteiger partial charge on any atom is 0.303 e. The second kappa shape index (κ2) is 5.60. The number of fused-ring (bicyclic) bond motifs is 1. The highest BCUT2D eigenvalue weighted by Gasteiger charge is 2.16. The molecule has 1 heterocycles. The zero-order valence-electron chi connectivity index (χ0n) is 10.5. The third kappa shape index (κ3) is 3.37. The molecule has 0 bridgehead atoms. The number of carboxylic acid groups (broad SMARTS) is 1. The lowest BCUT2D eigenvalue weighted by Crippen LogP contribution is -2.29. The van der Waals surface area contributed by atoms with Gasteiger partial charge in [-0.25, -0.2) is 0 Å². The smallest absolute Gasteiger partial charge is 0.303 e. The summed E-state index contributed by atoms with van der Waals surface area (Å²) in [6.45, 7) is 2.25. The minimum atomic E-state index is -0.871. The number of rotatable bonds is 5. The van der Waals surface area contributed by atoms with Gasteiger partial charge in [0.2, 0.25) is 6.79 Å². The van der Waals surface area contributed by atoms with Crippen molar-refractivity contribution in [3.05, 3.63) is 23.8 Å². The molecule has 1 aromatic carbocycles. The number of amides is 1. The fourth-order valence-electron chi connectivity index (χ4n) is 1.78. The molecule has 6 nitrogen and oxygen atoms in total. The number of hydrogen-bond acceptors (Lipinski definition) is 4. The fraction of sp³-hybridized carbons (Fsp3) is 0.385. The molecule has 2 N–H and O–H groups in total. The number of ether oxygens (including phenoxy) is 2. The van der Waals surface area contributed by atoms with Crippen LogP contribution in [0.5, 0.6) is 11.5 Å². The summed E-state index contributed by atoms with van der Waals surface area (Å²) in [7, 11) is 0. The minimum Gasteiger partial charge on any atom is -0.481 e. The van der Waals surface area contributed by atoms with E-state index in [2.05, 4.69) is 5.32 Å². The van der Waals surface area contributed by atoms with Gasteiger partial charge in [0.1, 0.15) is 0 Å². The van der Waals surface area contributed by atoms with Crippen LogP contribution in [0.25, 0.3) is 0 Å². The maximum atomic E-state index is 11.9. The lowest BCUT2D eigenvalue weighted by Gasteiger charge is -2.10. The van der Waals surface area contributed by atoms with Crippen LogP contribution >= 0.6 is 0 Å². The van der Waals surface area contributed by atoms with Crippen molar-refractivity contribution in [2.45, 2.75) is 13.3 Å². The number of carbonyl (C=O) groups is 2. The Morgan fingerprint density at radius 1 is 1.37 bits per heavy atom. The Balaban J connectivity index is 1.91. The Bertz CT molecular complexity index is 500. The molecule has 6 heteroatoms. The van der Waals surface area contributed by atoms with Crippen LogP contribution in [0.4, 0.5) is 0 Å². The highest BCUT2D eigenvalue weighted by Crippen LogP contribution is 2.32. The lowest BCUT2D eigenvalue weighted by atomic mass is 10.1. The maximum absolute atomic E-state index is 11.9. The summed E-state index contributed by atoms with van der Waals surface area (Å²) in [6.07, 6.45) is 0.0292. The Labute approximate surface area is 110 Å². The molecule has 0 saturated carbocycles. The molecule has 102 valence electrons. The summed E-state index contributed by atoms with van der Waals surface area (Å²) in [6, 6.07) is 4.93. The predicted molar refractivity (Wildman–Crippen MR) is 66.3 cm³/mol. The van der Waals surface area contributed by atoms with Crippen molar-refractivity contribution in [1.82, 2.24) is 5.32 Å². The van der Waals surface area contributed by atoms with Crippen molar-refractivity contribution in [1.29, 1.82) is 0 Å². The highest BCUT2D eigenvalue weighted by molar-refractivity contribution is 5.94. The van der Waals surface area contributed by atoms with Crippen molar-refractivity contribution >= 4 is 11.9 Å². The largest absolute Gasteiger partial charge is 0.481 e. The van der Waals surface area contributed by atoms with E-state index in [1.165, 1.54) is 0 Å². The Hall–Kier alpha value is -2.24. The molecule has 0 aliphatic carbocycles. The number of benzene rings is 1. The average Bonchev–Trinajstić information content (AvgIpc) is 2.82. The summed E-state index contributed by atoms with van der Waals surface area (Å²) in [5.41, 5.74) is 0.465. The van der Waals surface area contributed by atoms with Gasteiger partial charge in [0.25, 0.3) is 5.91 Å². The third-order valence-electron chi connectivity index (χ3n) is 2.77. The quantitative estimate of drug-likeness (QED) is 0.837. The summed E-state index contributed by atoms with van der Waals surface area (Å²) < 4.78 is 10.3. The predicted octanol–water partition coefficient (Wildman–Crippen LogP) is 1.26. The molecule has 0 spiro atoms. The van der Waals surface area contributed by atoms with Crippen LogP contribution in [0, 0.1) is 5.92 Å². The first-order chi connectivity index (χ1) is 9.06. The highest BCUT2D eigenvalue weighted by atomic mass is 16.7. The molecule has 1 unspecified atom stereocenters. The normalized spacial score (nSPS) is 13.9. The molecule has 0 fully saturated rings. The van der Waals surface area contributed by atoms with Crippen molar-refractivity contribution < 1.29 is 24.2 Å². The van der Waals surface area contributed by atoms with E-state index >= 15 is 0 Å². The van der Waals surface area contributed by atoms with E-state index in [-0.39, 0.29) is 25.0 Å². The second-order valence-electron chi connectivity index (χ2n) is 4.48.